The maximum Gasteiger partial charge on any atom is 0.306 e. The van der Waals surface area contributed by atoms with Gasteiger partial charge in [-0.05, 0) is 41.3 Å². The van der Waals surface area contributed by atoms with E-state index < -0.39 is 34.2 Å². The summed E-state index contributed by atoms with van der Waals surface area (Å²) >= 11 is 1.43. The van der Waals surface area contributed by atoms with Crippen LogP contribution in [0.15, 0.2) is 60.0 Å². The van der Waals surface area contributed by atoms with Crippen LogP contribution in [0.1, 0.15) is 22.9 Å². The number of carbonyl (C=O) groups is 2. The third-order valence-corrected chi connectivity index (χ3v) is 6.19. The Labute approximate surface area is 185 Å². The molecule has 2 heterocycles. The highest BCUT2D eigenvalue weighted by Gasteiger charge is 2.37. The average Bonchev–Trinajstić information content (AvgIpc) is 3.43. The second-order valence-corrected chi connectivity index (χ2v) is 8.29. The van der Waals surface area contributed by atoms with Gasteiger partial charge in [-0.2, -0.15) is 4.39 Å². The second kappa shape index (κ2) is 8.83. The second-order valence-electron chi connectivity index (χ2n) is 7.31. The highest BCUT2D eigenvalue weighted by molar-refractivity contribution is 7.10. The third-order valence-electron chi connectivity index (χ3n) is 5.25. The van der Waals surface area contributed by atoms with E-state index in [4.69, 9.17) is 0 Å². The zero-order chi connectivity index (χ0) is 22.8. The van der Waals surface area contributed by atoms with Gasteiger partial charge in [-0.25, -0.2) is 4.39 Å². The van der Waals surface area contributed by atoms with Crippen molar-refractivity contribution in [3.05, 3.63) is 92.2 Å². The molecule has 3 aromatic rings. The first-order valence-electron chi connectivity index (χ1n) is 9.67. The van der Waals surface area contributed by atoms with E-state index in [1.165, 1.54) is 34.4 Å². The Balaban J connectivity index is 1.53. The van der Waals surface area contributed by atoms with Crippen molar-refractivity contribution >= 4 is 34.5 Å². The number of halogens is 2. The minimum Gasteiger partial charge on any atom is -0.344 e. The molecule has 0 saturated carbocycles. The summed E-state index contributed by atoms with van der Waals surface area (Å²) in [4.78, 5) is 37.8. The van der Waals surface area contributed by atoms with Gasteiger partial charge in [-0.15, -0.1) is 11.3 Å². The predicted octanol–water partition coefficient (Wildman–Crippen LogP) is 4.19. The Bertz CT molecular complexity index is 1170. The van der Waals surface area contributed by atoms with Crippen molar-refractivity contribution < 1.29 is 23.3 Å². The van der Waals surface area contributed by atoms with E-state index in [0.29, 0.717) is 5.56 Å². The summed E-state index contributed by atoms with van der Waals surface area (Å²) in [5.41, 5.74) is 0.113. The van der Waals surface area contributed by atoms with Crippen molar-refractivity contribution in [2.75, 3.05) is 11.4 Å². The van der Waals surface area contributed by atoms with Crippen molar-refractivity contribution in [1.82, 2.24) is 5.32 Å². The van der Waals surface area contributed by atoms with E-state index >= 15 is 0 Å². The number of benzene rings is 2. The van der Waals surface area contributed by atoms with Crippen molar-refractivity contribution in [3.8, 4) is 0 Å². The number of thiophene rings is 1. The standard InChI is InChI=1S/C22H17F2N3O4S/c23-15-5-3-13(4-6-15)21(19-2-1-9-32-19)25-22(29)14-10-20(28)26(12-14)16-7-8-17(24)18(11-16)27(30)31/h1-9,11,14,21H,10,12H2,(H,25,29). The Morgan fingerprint density at radius 1 is 1.19 bits per heavy atom. The fourth-order valence-electron chi connectivity index (χ4n) is 3.63. The van der Waals surface area contributed by atoms with Crippen LogP contribution < -0.4 is 10.2 Å². The number of hydrogen-bond donors (Lipinski definition) is 1. The maximum atomic E-state index is 13.6. The summed E-state index contributed by atoms with van der Waals surface area (Å²) in [6, 6.07) is 12.2. The van der Waals surface area contributed by atoms with Gasteiger partial charge in [0, 0.05) is 23.9 Å². The summed E-state index contributed by atoms with van der Waals surface area (Å²) in [5.74, 6) is -2.86. The van der Waals surface area contributed by atoms with Crippen LogP contribution in [-0.2, 0) is 9.59 Å². The van der Waals surface area contributed by atoms with E-state index in [0.717, 1.165) is 17.0 Å². The lowest BCUT2D eigenvalue weighted by atomic mass is 10.0. The van der Waals surface area contributed by atoms with E-state index in [9.17, 15) is 28.5 Å². The molecule has 2 aromatic carbocycles. The predicted molar refractivity (Wildman–Crippen MR) is 114 cm³/mol. The van der Waals surface area contributed by atoms with Crippen LogP contribution in [0.5, 0.6) is 0 Å². The molecule has 164 valence electrons. The minimum absolute atomic E-state index is 0.00797. The Morgan fingerprint density at radius 2 is 1.94 bits per heavy atom. The smallest absolute Gasteiger partial charge is 0.306 e. The molecule has 1 aliphatic rings. The lowest BCUT2D eigenvalue weighted by Gasteiger charge is -2.21. The molecule has 0 radical (unpaired) electrons. The summed E-state index contributed by atoms with van der Waals surface area (Å²) in [5, 5.41) is 15.8. The summed E-state index contributed by atoms with van der Waals surface area (Å²) in [7, 11) is 0. The number of rotatable bonds is 6. The van der Waals surface area contributed by atoms with Crippen LogP contribution in [0.25, 0.3) is 0 Å². The molecular weight excluding hydrogens is 440 g/mol. The number of hydrogen-bond acceptors (Lipinski definition) is 5. The number of nitro groups is 1. The normalized spacial score (nSPS) is 16.8. The molecule has 7 nitrogen and oxygen atoms in total. The molecule has 1 aromatic heterocycles. The highest BCUT2D eigenvalue weighted by atomic mass is 32.1. The maximum absolute atomic E-state index is 13.6. The van der Waals surface area contributed by atoms with Crippen LogP contribution in [0, 0.1) is 27.7 Å². The molecule has 2 amide bonds. The fourth-order valence-corrected chi connectivity index (χ4v) is 4.43. The number of carbonyl (C=O) groups excluding carboxylic acids is 2. The Hall–Kier alpha value is -3.66. The van der Waals surface area contributed by atoms with Crippen molar-refractivity contribution in [2.24, 2.45) is 5.92 Å². The number of amides is 2. The zero-order valence-corrected chi connectivity index (χ0v) is 17.4. The van der Waals surface area contributed by atoms with Crippen LogP contribution in [0.3, 0.4) is 0 Å². The SMILES string of the molecule is O=C(NC(c1ccc(F)cc1)c1cccs1)C1CC(=O)N(c2ccc(F)c([N+](=O)[O-])c2)C1. The average molecular weight is 457 g/mol. The molecule has 2 unspecified atom stereocenters. The largest absolute Gasteiger partial charge is 0.344 e. The van der Waals surface area contributed by atoms with Gasteiger partial charge in [0.1, 0.15) is 5.82 Å². The fraction of sp³-hybridized carbons (Fsp3) is 0.182. The third kappa shape index (κ3) is 4.35. The molecule has 1 fully saturated rings. The topological polar surface area (TPSA) is 92.6 Å². The van der Waals surface area contributed by atoms with Gasteiger partial charge in [0.2, 0.25) is 17.6 Å². The number of nitrogens with zero attached hydrogens (tertiary/aromatic N) is 2. The molecule has 1 N–H and O–H groups in total. The molecule has 0 spiro atoms. The molecule has 2 atom stereocenters. The molecule has 1 aliphatic heterocycles. The van der Waals surface area contributed by atoms with E-state index in [1.54, 1.807) is 12.1 Å². The van der Waals surface area contributed by atoms with Crippen molar-refractivity contribution in [1.29, 1.82) is 0 Å². The van der Waals surface area contributed by atoms with Crippen LogP contribution >= 0.6 is 11.3 Å². The van der Waals surface area contributed by atoms with Gasteiger partial charge in [0.25, 0.3) is 0 Å². The van der Waals surface area contributed by atoms with Gasteiger partial charge >= 0.3 is 5.69 Å². The quantitative estimate of drug-likeness (QED) is 0.444. The Morgan fingerprint density at radius 3 is 2.59 bits per heavy atom. The van der Waals surface area contributed by atoms with E-state index in [2.05, 4.69) is 5.32 Å². The highest BCUT2D eigenvalue weighted by Crippen LogP contribution is 2.31. The van der Waals surface area contributed by atoms with Gasteiger partial charge in [-0.3, -0.25) is 19.7 Å². The van der Waals surface area contributed by atoms with Gasteiger partial charge < -0.3 is 10.2 Å². The van der Waals surface area contributed by atoms with Crippen LogP contribution in [0.2, 0.25) is 0 Å². The molecule has 1 saturated heterocycles. The minimum atomic E-state index is -1.00. The van der Waals surface area contributed by atoms with Crippen molar-refractivity contribution in [2.45, 2.75) is 12.5 Å². The summed E-state index contributed by atoms with van der Waals surface area (Å²) < 4.78 is 27.0. The zero-order valence-electron chi connectivity index (χ0n) is 16.5. The molecule has 0 bridgehead atoms. The first-order chi connectivity index (χ1) is 15.3. The molecule has 10 heteroatoms. The summed E-state index contributed by atoms with van der Waals surface area (Å²) in [6.07, 6.45) is -0.0857. The van der Waals surface area contributed by atoms with Gasteiger partial charge in [0.05, 0.1) is 22.6 Å². The van der Waals surface area contributed by atoms with Gasteiger partial charge in [0.15, 0.2) is 0 Å². The van der Waals surface area contributed by atoms with E-state index in [1.807, 2.05) is 17.5 Å². The lowest BCUT2D eigenvalue weighted by molar-refractivity contribution is -0.387. The van der Waals surface area contributed by atoms with Crippen LogP contribution in [-0.4, -0.2) is 23.3 Å². The monoisotopic (exact) mass is 457 g/mol. The Kier molecular flexibility index (Phi) is 5.95. The molecule has 0 aliphatic carbocycles. The molecule has 4 rings (SSSR count). The number of nitrogens with one attached hydrogen (secondary N) is 1. The molecule has 32 heavy (non-hydrogen) atoms. The summed E-state index contributed by atoms with van der Waals surface area (Å²) in [6.45, 7) is 0.00797. The van der Waals surface area contributed by atoms with Crippen molar-refractivity contribution in [3.63, 3.8) is 0 Å². The van der Waals surface area contributed by atoms with Gasteiger partial charge in [-0.1, -0.05) is 18.2 Å². The lowest BCUT2D eigenvalue weighted by Crippen LogP contribution is -2.35. The first kappa shape index (κ1) is 21.6. The number of nitro benzene ring substituents is 1. The number of anilines is 1. The van der Waals surface area contributed by atoms with E-state index in [-0.39, 0.29) is 30.5 Å². The first-order valence-corrected chi connectivity index (χ1v) is 10.5. The van der Waals surface area contributed by atoms with Crippen LogP contribution in [0.4, 0.5) is 20.2 Å². The molecular formula is C22H17F2N3O4S.